The Hall–Kier alpha value is -8.46. The highest BCUT2D eigenvalue weighted by Gasteiger charge is 2.51. The molecule has 11 aromatic carbocycles. The van der Waals surface area contributed by atoms with E-state index >= 15 is 0 Å². The Kier molecular flexibility index (Phi) is 7.64. The second-order valence-electron chi connectivity index (χ2n) is 17.5. The van der Waals surface area contributed by atoms with E-state index < -0.39 is 5.41 Å². The van der Waals surface area contributed by atoms with E-state index in [4.69, 9.17) is 4.42 Å². The first-order valence-corrected chi connectivity index (χ1v) is 22.5. The van der Waals surface area contributed by atoms with Gasteiger partial charge in [-0.1, -0.05) is 194 Å². The first-order valence-electron chi connectivity index (χ1n) is 22.5. The number of hydrogen-bond donors (Lipinski definition) is 0. The molecule has 65 heavy (non-hydrogen) atoms. The fraction of sp³-hybridized carbons (Fsp3) is 0.0159. The minimum absolute atomic E-state index is 0.474. The molecule has 2 aliphatic rings. The lowest BCUT2D eigenvalue weighted by molar-refractivity contribution is 0.672. The molecule has 2 nitrogen and oxygen atoms in total. The van der Waals surface area contributed by atoms with E-state index in [1.165, 1.54) is 82.9 Å². The molecule has 0 fully saturated rings. The average molecular weight is 826 g/mol. The van der Waals surface area contributed by atoms with Crippen LogP contribution in [-0.4, -0.2) is 0 Å². The normalized spacial score (nSPS) is 13.0. The zero-order valence-corrected chi connectivity index (χ0v) is 35.4. The summed E-state index contributed by atoms with van der Waals surface area (Å²) in [5, 5.41) is 6.90. The van der Waals surface area contributed by atoms with E-state index in [9.17, 15) is 0 Å². The topological polar surface area (TPSA) is 16.4 Å². The molecule has 2 aliphatic carbocycles. The second-order valence-corrected chi connectivity index (χ2v) is 17.5. The van der Waals surface area contributed by atoms with E-state index in [0.29, 0.717) is 0 Å². The van der Waals surface area contributed by atoms with Gasteiger partial charge in [0.2, 0.25) is 0 Å². The third-order valence-corrected chi connectivity index (χ3v) is 14.3. The molecule has 12 aromatic rings. The van der Waals surface area contributed by atoms with E-state index in [2.05, 4.69) is 241 Å². The van der Waals surface area contributed by atoms with Gasteiger partial charge in [-0.3, -0.25) is 0 Å². The van der Waals surface area contributed by atoms with Crippen LogP contribution in [0.4, 0.5) is 17.1 Å². The fourth-order valence-electron chi connectivity index (χ4n) is 11.6. The van der Waals surface area contributed by atoms with Gasteiger partial charge < -0.3 is 9.32 Å². The van der Waals surface area contributed by atoms with Crippen molar-refractivity contribution in [1.29, 1.82) is 0 Å². The average Bonchev–Trinajstić information content (AvgIpc) is 4.01. The number of nitrogens with zero attached hydrogens (tertiary/aromatic N) is 1. The smallest absolute Gasteiger partial charge is 0.143 e. The summed E-state index contributed by atoms with van der Waals surface area (Å²) in [6.07, 6.45) is 0. The standard InChI is InChI=1S/C63H39NO/c1-2-16-40(17-3-1)41-32-34-43(35-33-41)64(44-36-37-51-50-24-10-13-29-57(50)63(58(51)38-44)55-27-11-8-22-48(55)49-23-9-12-28-56(49)63)59-30-15-31-60-61(59)54-39-53(47-21-6-7-25-52(47)62(54)65-60)46-26-14-19-42-18-4-5-20-45(42)46/h1-39H. The maximum absolute atomic E-state index is 7.03. The molecular weight excluding hydrogens is 787 g/mol. The van der Waals surface area contributed by atoms with E-state index in [1.807, 2.05) is 0 Å². The lowest BCUT2D eigenvalue weighted by Crippen LogP contribution is -2.26. The van der Waals surface area contributed by atoms with Crippen molar-refractivity contribution < 1.29 is 4.42 Å². The molecule has 0 unspecified atom stereocenters. The third-order valence-electron chi connectivity index (χ3n) is 14.3. The van der Waals surface area contributed by atoms with Crippen molar-refractivity contribution >= 4 is 60.5 Å². The summed E-state index contributed by atoms with van der Waals surface area (Å²) in [6.45, 7) is 0. The zero-order chi connectivity index (χ0) is 42.6. The number of hydrogen-bond acceptors (Lipinski definition) is 2. The van der Waals surface area contributed by atoms with Crippen LogP contribution in [0.15, 0.2) is 241 Å². The van der Waals surface area contributed by atoms with Crippen molar-refractivity contribution in [2.45, 2.75) is 5.41 Å². The molecule has 0 N–H and O–H groups in total. The van der Waals surface area contributed by atoms with E-state index in [1.54, 1.807) is 0 Å². The lowest BCUT2D eigenvalue weighted by atomic mass is 9.70. The van der Waals surface area contributed by atoms with Gasteiger partial charge >= 0.3 is 0 Å². The molecule has 1 heterocycles. The maximum Gasteiger partial charge on any atom is 0.143 e. The third kappa shape index (κ3) is 5.05. The Balaban J connectivity index is 1.06. The lowest BCUT2D eigenvalue weighted by Gasteiger charge is -2.32. The highest BCUT2D eigenvalue weighted by molar-refractivity contribution is 6.23. The predicted octanol–water partition coefficient (Wildman–Crippen LogP) is 17.0. The Morgan fingerprint density at radius 2 is 0.862 bits per heavy atom. The van der Waals surface area contributed by atoms with E-state index in [0.717, 1.165) is 44.4 Å². The highest BCUT2D eigenvalue weighted by Crippen LogP contribution is 2.63. The predicted molar refractivity (Wildman–Crippen MR) is 271 cm³/mol. The van der Waals surface area contributed by atoms with Gasteiger partial charge in [0.15, 0.2) is 0 Å². The number of anilines is 3. The number of rotatable bonds is 5. The van der Waals surface area contributed by atoms with E-state index in [-0.39, 0.29) is 0 Å². The van der Waals surface area contributed by atoms with Gasteiger partial charge in [0.1, 0.15) is 11.2 Å². The minimum Gasteiger partial charge on any atom is -0.455 e. The molecule has 1 spiro atoms. The summed E-state index contributed by atoms with van der Waals surface area (Å²) in [7, 11) is 0. The molecule has 2 heteroatoms. The molecular formula is C63H39NO. The summed E-state index contributed by atoms with van der Waals surface area (Å²) >= 11 is 0. The summed E-state index contributed by atoms with van der Waals surface area (Å²) in [5.41, 5.74) is 19.7. The van der Waals surface area contributed by atoms with Crippen molar-refractivity contribution in [2.75, 3.05) is 4.90 Å². The quantitative estimate of drug-likeness (QED) is 0.172. The van der Waals surface area contributed by atoms with Gasteiger partial charge in [0, 0.05) is 22.1 Å². The van der Waals surface area contributed by atoms with Crippen LogP contribution in [0.25, 0.3) is 88.0 Å². The number of fused-ring (bicyclic) bond motifs is 16. The summed E-state index contributed by atoms with van der Waals surface area (Å²) in [5.74, 6) is 0. The van der Waals surface area contributed by atoms with Crippen LogP contribution in [-0.2, 0) is 5.41 Å². The summed E-state index contributed by atoms with van der Waals surface area (Å²) < 4.78 is 7.03. The second kappa shape index (κ2) is 13.8. The molecule has 0 amide bonds. The van der Waals surface area contributed by atoms with Crippen molar-refractivity contribution in [3.05, 3.63) is 259 Å². The van der Waals surface area contributed by atoms with Crippen LogP contribution >= 0.6 is 0 Å². The highest BCUT2D eigenvalue weighted by atomic mass is 16.3. The van der Waals surface area contributed by atoms with Crippen molar-refractivity contribution in [1.82, 2.24) is 0 Å². The summed E-state index contributed by atoms with van der Waals surface area (Å²) in [6, 6.07) is 87.0. The van der Waals surface area contributed by atoms with Gasteiger partial charge in [-0.2, -0.15) is 0 Å². The van der Waals surface area contributed by atoms with Gasteiger partial charge in [0.05, 0.1) is 16.5 Å². The first-order chi connectivity index (χ1) is 32.3. The molecule has 302 valence electrons. The molecule has 0 radical (unpaired) electrons. The number of benzene rings is 11. The van der Waals surface area contributed by atoms with Crippen LogP contribution < -0.4 is 4.90 Å². The van der Waals surface area contributed by atoms with Gasteiger partial charge in [-0.25, -0.2) is 0 Å². The molecule has 0 saturated carbocycles. The molecule has 14 rings (SSSR count). The first kappa shape index (κ1) is 36.1. The molecule has 0 aliphatic heterocycles. The largest absolute Gasteiger partial charge is 0.455 e. The van der Waals surface area contributed by atoms with Crippen molar-refractivity contribution in [3.63, 3.8) is 0 Å². The Labute approximate surface area is 376 Å². The Morgan fingerprint density at radius 1 is 0.323 bits per heavy atom. The van der Waals surface area contributed by atoms with Gasteiger partial charge in [0.25, 0.3) is 0 Å². The van der Waals surface area contributed by atoms with Gasteiger partial charge in [-0.05, 0) is 125 Å². The molecule has 0 atom stereocenters. The Bertz CT molecular complexity index is 3830. The molecule has 0 bridgehead atoms. The van der Waals surface area contributed by atoms with Crippen molar-refractivity contribution in [2.24, 2.45) is 0 Å². The van der Waals surface area contributed by atoms with Crippen LogP contribution in [0, 0.1) is 0 Å². The van der Waals surface area contributed by atoms with Crippen LogP contribution in [0.5, 0.6) is 0 Å². The Morgan fingerprint density at radius 3 is 1.58 bits per heavy atom. The summed E-state index contributed by atoms with van der Waals surface area (Å²) in [4.78, 5) is 2.46. The van der Waals surface area contributed by atoms with Crippen LogP contribution in [0.3, 0.4) is 0 Å². The minimum atomic E-state index is -0.474. The zero-order valence-electron chi connectivity index (χ0n) is 35.4. The SMILES string of the molecule is c1ccc(-c2ccc(N(c3ccc4c(c3)C3(c5ccccc5-c5ccccc53)c3ccccc3-4)c3cccc4oc5c6ccccc6c(-c6cccc7ccccc67)cc5c34)cc2)cc1. The monoisotopic (exact) mass is 825 g/mol. The molecule has 1 aromatic heterocycles. The van der Waals surface area contributed by atoms with Crippen LogP contribution in [0.1, 0.15) is 22.3 Å². The molecule has 0 saturated heterocycles. The van der Waals surface area contributed by atoms with Crippen LogP contribution in [0.2, 0.25) is 0 Å². The van der Waals surface area contributed by atoms with Gasteiger partial charge in [-0.15, -0.1) is 0 Å². The van der Waals surface area contributed by atoms with Crippen molar-refractivity contribution in [3.8, 4) is 44.5 Å². The maximum atomic E-state index is 7.03. The number of furan rings is 1. The fourth-order valence-corrected chi connectivity index (χ4v) is 11.6.